The van der Waals surface area contributed by atoms with Gasteiger partial charge in [-0.1, -0.05) is 36.7 Å². The van der Waals surface area contributed by atoms with E-state index in [9.17, 15) is 4.79 Å². The Bertz CT molecular complexity index is 814. The first-order valence-electron chi connectivity index (χ1n) is 7.27. The standard InChI is InChI=1S/C18H15ClN2OS/c1-2-17(22)21-14-6-3-12(4-7-14)15-11-13(5-8-16(15)19)18-20-9-10-23-18/h3-11H,2H2,1H3,(H,21,22). The molecular formula is C18H15ClN2OS. The summed E-state index contributed by atoms with van der Waals surface area (Å²) in [7, 11) is 0. The third-order valence-corrected chi connectivity index (χ3v) is 4.60. The van der Waals surface area contributed by atoms with E-state index < -0.39 is 0 Å². The zero-order chi connectivity index (χ0) is 16.2. The van der Waals surface area contributed by atoms with Crippen molar-refractivity contribution in [3.05, 3.63) is 59.1 Å². The van der Waals surface area contributed by atoms with Crippen molar-refractivity contribution in [2.24, 2.45) is 0 Å². The number of hydrogen-bond donors (Lipinski definition) is 1. The zero-order valence-corrected chi connectivity index (χ0v) is 14.1. The second-order valence-electron chi connectivity index (χ2n) is 5.01. The van der Waals surface area contributed by atoms with E-state index in [0.717, 1.165) is 27.4 Å². The molecule has 1 aromatic heterocycles. The lowest BCUT2D eigenvalue weighted by molar-refractivity contribution is -0.115. The van der Waals surface area contributed by atoms with Crippen LogP contribution in [-0.2, 0) is 4.79 Å². The molecule has 0 bridgehead atoms. The van der Waals surface area contributed by atoms with E-state index in [1.807, 2.05) is 54.8 Å². The lowest BCUT2D eigenvalue weighted by atomic mass is 10.0. The molecule has 5 heteroatoms. The summed E-state index contributed by atoms with van der Waals surface area (Å²) in [6.45, 7) is 1.83. The summed E-state index contributed by atoms with van der Waals surface area (Å²) in [4.78, 5) is 15.8. The van der Waals surface area contributed by atoms with E-state index in [1.165, 1.54) is 0 Å². The fourth-order valence-corrected chi connectivity index (χ4v) is 3.09. The van der Waals surface area contributed by atoms with Gasteiger partial charge in [0, 0.05) is 39.8 Å². The van der Waals surface area contributed by atoms with Gasteiger partial charge in [-0.05, 0) is 29.8 Å². The molecule has 0 saturated carbocycles. The summed E-state index contributed by atoms with van der Waals surface area (Å²) in [6.07, 6.45) is 2.25. The molecule has 0 radical (unpaired) electrons. The van der Waals surface area contributed by atoms with Crippen LogP contribution in [-0.4, -0.2) is 10.9 Å². The predicted molar refractivity (Wildman–Crippen MR) is 96.9 cm³/mol. The Labute approximate surface area is 144 Å². The predicted octanol–water partition coefficient (Wildman–Crippen LogP) is 5.48. The van der Waals surface area contributed by atoms with Gasteiger partial charge in [-0.25, -0.2) is 4.98 Å². The average molecular weight is 343 g/mol. The monoisotopic (exact) mass is 342 g/mol. The number of halogens is 1. The number of carbonyl (C=O) groups is 1. The molecule has 116 valence electrons. The highest BCUT2D eigenvalue weighted by molar-refractivity contribution is 7.13. The fraction of sp³-hybridized carbons (Fsp3) is 0.111. The van der Waals surface area contributed by atoms with Gasteiger partial charge in [-0.2, -0.15) is 0 Å². The van der Waals surface area contributed by atoms with Crippen molar-refractivity contribution in [1.29, 1.82) is 0 Å². The minimum absolute atomic E-state index is 0.00143. The van der Waals surface area contributed by atoms with Gasteiger partial charge in [0.15, 0.2) is 0 Å². The molecule has 0 aliphatic rings. The van der Waals surface area contributed by atoms with Crippen LogP contribution in [0.1, 0.15) is 13.3 Å². The van der Waals surface area contributed by atoms with Gasteiger partial charge in [0.2, 0.25) is 5.91 Å². The lowest BCUT2D eigenvalue weighted by Gasteiger charge is -2.09. The minimum atomic E-state index is 0.00143. The molecule has 0 spiro atoms. The molecule has 3 rings (SSSR count). The summed E-state index contributed by atoms with van der Waals surface area (Å²) in [5.74, 6) is 0.00143. The summed E-state index contributed by atoms with van der Waals surface area (Å²) in [5, 5.41) is 6.45. The number of nitrogens with one attached hydrogen (secondary N) is 1. The van der Waals surface area contributed by atoms with Crippen molar-refractivity contribution in [3.8, 4) is 21.7 Å². The smallest absolute Gasteiger partial charge is 0.224 e. The van der Waals surface area contributed by atoms with E-state index in [0.29, 0.717) is 11.4 Å². The molecule has 3 nitrogen and oxygen atoms in total. The van der Waals surface area contributed by atoms with Crippen molar-refractivity contribution in [1.82, 2.24) is 4.98 Å². The normalized spacial score (nSPS) is 10.5. The van der Waals surface area contributed by atoms with E-state index >= 15 is 0 Å². The SMILES string of the molecule is CCC(=O)Nc1ccc(-c2cc(-c3nccs3)ccc2Cl)cc1. The summed E-state index contributed by atoms with van der Waals surface area (Å²) < 4.78 is 0. The van der Waals surface area contributed by atoms with Crippen LogP contribution in [0.25, 0.3) is 21.7 Å². The van der Waals surface area contributed by atoms with Crippen LogP contribution in [0.15, 0.2) is 54.0 Å². The van der Waals surface area contributed by atoms with Gasteiger partial charge in [0.05, 0.1) is 0 Å². The lowest BCUT2D eigenvalue weighted by Crippen LogP contribution is -2.08. The van der Waals surface area contributed by atoms with Crippen molar-refractivity contribution in [2.75, 3.05) is 5.32 Å². The molecule has 0 fully saturated rings. The molecule has 1 amide bonds. The molecule has 0 aliphatic heterocycles. The zero-order valence-electron chi connectivity index (χ0n) is 12.5. The summed E-state index contributed by atoms with van der Waals surface area (Å²) in [5.41, 5.74) is 3.78. The Balaban J connectivity index is 1.92. The molecule has 0 aliphatic carbocycles. The maximum atomic E-state index is 11.4. The van der Waals surface area contributed by atoms with Gasteiger partial charge >= 0.3 is 0 Å². The number of rotatable bonds is 4. The minimum Gasteiger partial charge on any atom is -0.326 e. The quantitative estimate of drug-likeness (QED) is 0.682. The first-order valence-corrected chi connectivity index (χ1v) is 8.53. The topological polar surface area (TPSA) is 42.0 Å². The summed E-state index contributed by atoms with van der Waals surface area (Å²) >= 11 is 7.95. The van der Waals surface area contributed by atoms with Crippen molar-refractivity contribution >= 4 is 34.5 Å². The Morgan fingerprint density at radius 1 is 1.17 bits per heavy atom. The highest BCUT2D eigenvalue weighted by Gasteiger charge is 2.08. The number of nitrogens with zero attached hydrogens (tertiary/aromatic N) is 1. The van der Waals surface area contributed by atoms with E-state index in [-0.39, 0.29) is 5.91 Å². The Kier molecular flexibility index (Phi) is 4.74. The number of thiazole rings is 1. The number of aromatic nitrogens is 1. The molecule has 0 unspecified atom stereocenters. The molecule has 1 N–H and O–H groups in total. The van der Waals surface area contributed by atoms with Crippen molar-refractivity contribution in [3.63, 3.8) is 0 Å². The largest absolute Gasteiger partial charge is 0.326 e. The number of carbonyl (C=O) groups excluding carboxylic acids is 1. The third kappa shape index (κ3) is 3.60. The molecule has 0 atom stereocenters. The van der Waals surface area contributed by atoms with E-state index in [4.69, 9.17) is 11.6 Å². The van der Waals surface area contributed by atoms with Crippen LogP contribution in [0.4, 0.5) is 5.69 Å². The first kappa shape index (κ1) is 15.7. The second-order valence-corrected chi connectivity index (χ2v) is 6.31. The van der Waals surface area contributed by atoms with Crippen LogP contribution < -0.4 is 5.32 Å². The Morgan fingerprint density at radius 3 is 2.57 bits per heavy atom. The van der Waals surface area contributed by atoms with Crippen LogP contribution in [0.2, 0.25) is 5.02 Å². The Morgan fingerprint density at radius 2 is 1.91 bits per heavy atom. The highest BCUT2D eigenvalue weighted by atomic mass is 35.5. The van der Waals surface area contributed by atoms with Gasteiger partial charge in [-0.3, -0.25) is 4.79 Å². The molecule has 0 saturated heterocycles. The van der Waals surface area contributed by atoms with Crippen LogP contribution in [0, 0.1) is 0 Å². The average Bonchev–Trinajstić information content (AvgIpc) is 3.10. The number of amides is 1. The number of hydrogen-bond acceptors (Lipinski definition) is 3. The van der Waals surface area contributed by atoms with Crippen molar-refractivity contribution in [2.45, 2.75) is 13.3 Å². The van der Waals surface area contributed by atoms with Gasteiger partial charge in [0.25, 0.3) is 0 Å². The van der Waals surface area contributed by atoms with Gasteiger partial charge < -0.3 is 5.32 Å². The molecule has 2 aromatic carbocycles. The van der Waals surface area contributed by atoms with Crippen molar-refractivity contribution < 1.29 is 4.79 Å². The molecule has 3 aromatic rings. The maximum Gasteiger partial charge on any atom is 0.224 e. The molecule has 23 heavy (non-hydrogen) atoms. The van der Waals surface area contributed by atoms with Crippen LogP contribution >= 0.6 is 22.9 Å². The Hall–Kier alpha value is -2.17. The fourth-order valence-electron chi connectivity index (χ4n) is 2.23. The highest BCUT2D eigenvalue weighted by Crippen LogP contribution is 2.33. The summed E-state index contributed by atoms with van der Waals surface area (Å²) in [6, 6.07) is 13.6. The number of anilines is 1. The van der Waals surface area contributed by atoms with E-state index in [2.05, 4.69) is 10.3 Å². The third-order valence-electron chi connectivity index (χ3n) is 3.45. The second kappa shape index (κ2) is 6.94. The number of benzene rings is 2. The molecule has 1 heterocycles. The molecular weight excluding hydrogens is 328 g/mol. The van der Waals surface area contributed by atoms with Gasteiger partial charge in [0.1, 0.15) is 5.01 Å². The van der Waals surface area contributed by atoms with Crippen LogP contribution in [0.3, 0.4) is 0 Å². The maximum absolute atomic E-state index is 11.4. The van der Waals surface area contributed by atoms with Gasteiger partial charge in [-0.15, -0.1) is 11.3 Å². The van der Waals surface area contributed by atoms with E-state index in [1.54, 1.807) is 17.5 Å². The first-order chi connectivity index (χ1) is 11.2. The van der Waals surface area contributed by atoms with Crippen LogP contribution in [0.5, 0.6) is 0 Å².